The zero-order chi connectivity index (χ0) is 12.1. The first-order chi connectivity index (χ1) is 7.54. The zero-order valence-electron chi connectivity index (χ0n) is 8.89. The van der Waals surface area contributed by atoms with Gasteiger partial charge in [-0.1, -0.05) is 11.6 Å². The minimum atomic E-state index is -0.415. The summed E-state index contributed by atoms with van der Waals surface area (Å²) in [6.45, 7) is 1.54. The van der Waals surface area contributed by atoms with Gasteiger partial charge in [-0.25, -0.2) is 4.39 Å². The van der Waals surface area contributed by atoms with Gasteiger partial charge in [0, 0.05) is 13.0 Å². The van der Waals surface area contributed by atoms with Crippen molar-refractivity contribution in [2.75, 3.05) is 11.9 Å². The summed E-state index contributed by atoms with van der Waals surface area (Å²) in [6.07, 6.45) is 0.556. The number of hydrogen-bond donors (Lipinski definition) is 2. The first-order valence-corrected chi connectivity index (χ1v) is 5.28. The SMILES string of the molecule is Cc1cc(Cl)c(NC(=O)CCCO)cc1F. The van der Waals surface area contributed by atoms with Crippen LogP contribution in [0.25, 0.3) is 0 Å². The van der Waals surface area contributed by atoms with Gasteiger partial charge in [-0.15, -0.1) is 0 Å². The highest BCUT2D eigenvalue weighted by Crippen LogP contribution is 2.25. The summed E-state index contributed by atoms with van der Waals surface area (Å²) in [5.41, 5.74) is 0.686. The summed E-state index contributed by atoms with van der Waals surface area (Å²) < 4.78 is 13.2. The number of benzene rings is 1. The third-order valence-corrected chi connectivity index (χ3v) is 2.40. The van der Waals surface area contributed by atoms with Crippen molar-refractivity contribution in [3.05, 3.63) is 28.5 Å². The van der Waals surface area contributed by atoms with Gasteiger partial charge in [0.05, 0.1) is 10.7 Å². The standard InChI is InChI=1S/C11H13ClFNO2/c1-7-5-8(12)10(6-9(7)13)14-11(16)3-2-4-15/h5-6,15H,2-4H2,1H3,(H,14,16). The van der Waals surface area contributed by atoms with E-state index in [1.165, 1.54) is 12.1 Å². The van der Waals surface area contributed by atoms with Crippen LogP contribution in [-0.2, 0) is 4.79 Å². The van der Waals surface area contributed by atoms with Crippen molar-refractivity contribution in [2.24, 2.45) is 0 Å². The third kappa shape index (κ3) is 3.47. The number of rotatable bonds is 4. The maximum Gasteiger partial charge on any atom is 0.224 e. The lowest BCUT2D eigenvalue weighted by Gasteiger charge is -2.08. The molecule has 0 aliphatic heterocycles. The number of anilines is 1. The van der Waals surface area contributed by atoms with Gasteiger partial charge in [0.1, 0.15) is 5.82 Å². The zero-order valence-corrected chi connectivity index (χ0v) is 9.64. The van der Waals surface area contributed by atoms with Gasteiger partial charge < -0.3 is 10.4 Å². The summed E-state index contributed by atoms with van der Waals surface area (Å²) >= 11 is 5.85. The predicted molar refractivity (Wildman–Crippen MR) is 61.1 cm³/mol. The van der Waals surface area contributed by atoms with E-state index in [0.717, 1.165) is 0 Å². The van der Waals surface area contributed by atoms with Gasteiger partial charge in [-0.05, 0) is 31.0 Å². The number of halogens is 2. The second-order valence-electron chi connectivity index (χ2n) is 3.46. The summed E-state index contributed by atoms with van der Waals surface area (Å²) in [7, 11) is 0. The van der Waals surface area contributed by atoms with E-state index in [4.69, 9.17) is 16.7 Å². The molecular formula is C11H13ClFNO2. The molecule has 88 valence electrons. The predicted octanol–water partition coefficient (Wildman–Crippen LogP) is 2.50. The number of hydrogen-bond acceptors (Lipinski definition) is 2. The molecule has 0 saturated carbocycles. The molecule has 0 spiro atoms. The Morgan fingerprint density at radius 3 is 2.88 bits per heavy atom. The fourth-order valence-corrected chi connectivity index (χ4v) is 1.46. The van der Waals surface area contributed by atoms with E-state index >= 15 is 0 Å². The van der Waals surface area contributed by atoms with Gasteiger partial charge in [0.2, 0.25) is 5.91 Å². The second kappa shape index (κ2) is 5.82. The Morgan fingerprint density at radius 1 is 1.56 bits per heavy atom. The highest BCUT2D eigenvalue weighted by atomic mass is 35.5. The molecule has 16 heavy (non-hydrogen) atoms. The molecule has 0 radical (unpaired) electrons. The Morgan fingerprint density at radius 2 is 2.25 bits per heavy atom. The highest BCUT2D eigenvalue weighted by Gasteiger charge is 2.08. The molecule has 0 saturated heterocycles. The summed E-state index contributed by atoms with van der Waals surface area (Å²) in [5.74, 6) is -0.707. The molecule has 2 N–H and O–H groups in total. The van der Waals surface area contributed by atoms with Crippen LogP contribution in [0.1, 0.15) is 18.4 Å². The van der Waals surface area contributed by atoms with Crippen LogP contribution in [0.2, 0.25) is 5.02 Å². The number of aryl methyl sites for hydroxylation is 1. The van der Waals surface area contributed by atoms with Crippen LogP contribution < -0.4 is 5.32 Å². The average molecular weight is 246 g/mol. The van der Waals surface area contributed by atoms with Crippen molar-refractivity contribution in [2.45, 2.75) is 19.8 Å². The molecule has 1 amide bonds. The van der Waals surface area contributed by atoms with E-state index in [1.54, 1.807) is 6.92 Å². The molecule has 5 heteroatoms. The van der Waals surface area contributed by atoms with Crippen molar-refractivity contribution in [3.63, 3.8) is 0 Å². The Balaban J connectivity index is 2.73. The van der Waals surface area contributed by atoms with Crippen molar-refractivity contribution >= 4 is 23.2 Å². The van der Waals surface area contributed by atoms with Gasteiger partial charge >= 0.3 is 0 Å². The fourth-order valence-electron chi connectivity index (χ4n) is 1.19. The molecule has 3 nitrogen and oxygen atoms in total. The van der Waals surface area contributed by atoms with Gasteiger partial charge in [-0.3, -0.25) is 4.79 Å². The van der Waals surface area contributed by atoms with E-state index in [9.17, 15) is 9.18 Å². The highest BCUT2D eigenvalue weighted by molar-refractivity contribution is 6.33. The maximum absolute atomic E-state index is 13.2. The molecule has 0 atom stereocenters. The molecule has 0 heterocycles. The smallest absolute Gasteiger partial charge is 0.224 e. The third-order valence-electron chi connectivity index (χ3n) is 2.08. The van der Waals surface area contributed by atoms with Gasteiger partial charge in [0.25, 0.3) is 0 Å². The molecule has 0 bridgehead atoms. The first kappa shape index (κ1) is 12.9. The van der Waals surface area contributed by atoms with Crippen molar-refractivity contribution in [1.29, 1.82) is 0 Å². The van der Waals surface area contributed by atoms with Crippen molar-refractivity contribution in [3.8, 4) is 0 Å². The number of carbonyl (C=O) groups is 1. The average Bonchev–Trinajstić information content (AvgIpc) is 2.23. The summed E-state index contributed by atoms with van der Waals surface area (Å²) in [4.78, 5) is 11.3. The number of carbonyl (C=O) groups excluding carboxylic acids is 1. The molecule has 1 aromatic carbocycles. The maximum atomic E-state index is 13.2. The molecule has 0 fully saturated rings. The quantitative estimate of drug-likeness (QED) is 0.856. The lowest BCUT2D eigenvalue weighted by Crippen LogP contribution is -2.12. The van der Waals surface area contributed by atoms with Crippen LogP contribution in [0.4, 0.5) is 10.1 Å². The molecule has 1 aromatic rings. The second-order valence-corrected chi connectivity index (χ2v) is 3.86. The number of aliphatic hydroxyl groups excluding tert-OH is 1. The monoisotopic (exact) mass is 245 g/mol. The van der Waals surface area contributed by atoms with E-state index in [1.807, 2.05) is 0 Å². The van der Waals surface area contributed by atoms with E-state index in [0.29, 0.717) is 17.0 Å². The largest absolute Gasteiger partial charge is 0.396 e. The molecule has 0 aliphatic rings. The molecule has 0 aromatic heterocycles. The number of nitrogens with one attached hydrogen (secondary N) is 1. The van der Waals surface area contributed by atoms with Crippen LogP contribution in [0.15, 0.2) is 12.1 Å². The number of aliphatic hydroxyl groups is 1. The van der Waals surface area contributed by atoms with E-state index < -0.39 is 5.82 Å². The Kier molecular flexibility index (Phi) is 4.71. The lowest BCUT2D eigenvalue weighted by atomic mass is 10.2. The molecule has 0 aliphatic carbocycles. The Bertz CT molecular complexity index is 396. The van der Waals surface area contributed by atoms with E-state index in [2.05, 4.69) is 5.32 Å². The lowest BCUT2D eigenvalue weighted by molar-refractivity contribution is -0.116. The summed E-state index contributed by atoms with van der Waals surface area (Å²) in [5, 5.41) is 11.3. The topological polar surface area (TPSA) is 49.3 Å². The molecule has 0 unspecified atom stereocenters. The first-order valence-electron chi connectivity index (χ1n) is 4.91. The number of amides is 1. The Hall–Kier alpha value is -1.13. The minimum absolute atomic E-state index is 0.0522. The minimum Gasteiger partial charge on any atom is -0.396 e. The Labute approximate surface area is 98.2 Å². The van der Waals surface area contributed by atoms with Crippen molar-refractivity contribution < 1.29 is 14.3 Å². The van der Waals surface area contributed by atoms with Crippen LogP contribution in [-0.4, -0.2) is 17.6 Å². The molecular weight excluding hydrogens is 233 g/mol. The van der Waals surface area contributed by atoms with Gasteiger partial charge in [0.15, 0.2) is 0 Å². The fraction of sp³-hybridized carbons (Fsp3) is 0.364. The van der Waals surface area contributed by atoms with E-state index in [-0.39, 0.29) is 24.6 Å². The van der Waals surface area contributed by atoms with Crippen molar-refractivity contribution in [1.82, 2.24) is 0 Å². The van der Waals surface area contributed by atoms with Crippen LogP contribution in [0.5, 0.6) is 0 Å². The van der Waals surface area contributed by atoms with Crippen LogP contribution in [0.3, 0.4) is 0 Å². The van der Waals surface area contributed by atoms with Crippen LogP contribution >= 0.6 is 11.6 Å². The molecule has 1 rings (SSSR count). The van der Waals surface area contributed by atoms with Crippen LogP contribution in [0, 0.1) is 12.7 Å². The van der Waals surface area contributed by atoms with Gasteiger partial charge in [-0.2, -0.15) is 0 Å². The normalized spacial score (nSPS) is 10.2. The summed E-state index contributed by atoms with van der Waals surface area (Å²) in [6, 6.07) is 2.65.